The van der Waals surface area contributed by atoms with Gasteiger partial charge in [0.15, 0.2) is 0 Å². The summed E-state index contributed by atoms with van der Waals surface area (Å²) >= 11 is 12.7. The summed E-state index contributed by atoms with van der Waals surface area (Å²) in [5.74, 6) is -1.88. The van der Waals surface area contributed by atoms with Gasteiger partial charge >= 0.3 is 6.18 Å². The van der Waals surface area contributed by atoms with Crippen molar-refractivity contribution in [1.29, 1.82) is 0 Å². The average molecular weight is 827 g/mol. The molecule has 0 spiro atoms. The Kier molecular flexibility index (Phi) is 14.9. The number of piperazine rings is 1. The summed E-state index contributed by atoms with van der Waals surface area (Å²) in [6, 6.07) is 6.95. The van der Waals surface area contributed by atoms with Gasteiger partial charge in [-0.2, -0.15) is 13.2 Å². The summed E-state index contributed by atoms with van der Waals surface area (Å²) in [6.45, 7) is 11.4. The molecule has 0 bridgehead atoms. The third-order valence-corrected chi connectivity index (χ3v) is 13.3. The largest absolute Gasteiger partial charge is 0.422 e. The molecule has 56 heavy (non-hydrogen) atoms. The lowest BCUT2D eigenvalue weighted by molar-refractivity contribution is -0.142. The van der Waals surface area contributed by atoms with Gasteiger partial charge in [-0.3, -0.25) is 29.2 Å². The third-order valence-electron chi connectivity index (χ3n) is 12.4. The number of hydrogen-bond acceptors (Lipinski definition) is 7. The predicted octanol–water partition coefficient (Wildman–Crippen LogP) is 8.32. The molecule has 1 unspecified atom stereocenters. The fourth-order valence-corrected chi connectivity index (χ4v) is 9.35. The van der Waals surface area contributed by atoms with Crippen LogP contribution in [0.3, 0.4) is 0 Å². The second-order valence-electron chi connectivity index (χ2n) is 16.1. The number of carbonyl (C=O) groups excluding carboxylic acids is 2. The minimum absolute atomic E-state index is 0.0385. The van der Waals surface area contributed by atoms with Crippen LogP contribution in [0.4, 0.5) is 27.6 Å². The van der Waals surface area contributed by atoms with Crippen molar-refractivity contribution in [3.8, 4) is 0 Å². The highest BCUT2D eigenvalue weighted by atomic mass is 35.5. The zero-order valence-corrected chi connectivity index (χ0v) is 33.8. The van der Waals surface area contributed by atoms with Crippen LogP contribution in [0.5, 0.6) is 0 Å². The van der Waals surface area contributed by atoms with Gasteiger partial charge in [0, 0.05) is 51.4 Å². The predicted molar refractivity (Wildman–Crippen MR) is 212 cm³/mol. The van der Waals surface area contributed by atoms with Crippen LogP contribution in [-0.2, 0) is 15.8 Å². The van der Waals surface area contributed by atoms with E-state index >= 15 is 0 Å². The number of ketones is 2. The van der Waals surface area contributed by atoms with Gasteiger partial charge in [0.05, 0.1) is 22.6 Å². The Morgan fingerprint density at radius 2 is 1.41 bits per heavy atom. The number of halogens is 7. The summed E-state index contributed by atoms with van der Waals surface area (Å²) in [4.78, 5) is 36.9. The molecule has 3 saturated heterocycles. The molecule has 0 aromatic heterocycles. The van der Waals surface area contributed by atoms with Gasteiger partial charge in [0.1, 0.15) is 28.8 Å². The van der Waals surface area contributed by atoms with Crippen LogP contribution in [0, 0.1) is 23.5 Å². The second kappa shape index (κ2) is 19.4. The number of nitrogens with zero attached hydrogens (tertiary/aromatic N) is 5. The summed E-state index contributed by atoms with van der Waals surface area (Å²) in [5, 5.41) is 1.21. The van der Waals surface area contributed by atoms with Crippen molar-refractivity contribution < 1.29 is 31.5 Å². The summed E-state index contributed by atoms with van der Waals surface area (Å²) in [6.07, 6.45) is 4.58. The monoisotopic (exact) mass is 825 g/mol. The van der Waals surface area contributed by atoms with Gasteiger partial charge < -0.3 is 4.90 Å². The second-order valence-corrected chi connectivity index (χ2v) is 16.9. The maximum atomic E-state index is 14.1. The molecule has 0 amide bonds. The standard InChI is InChI=1S/C42H54Cl2F5N5O2/c1-29(55)39(27-34(56)28-52-15-7-30(8-16-52)5-13-50-17-11-32(12-18-50)35-3-2-4-36(43)41(35)44)54-19-9-31(10-20-54)6-14-51-21-23-53(24-22-51)33-25-37(45)40(38(46)26-33)42(47,48)49/h2-4,11,25-26,30-31,39H,5-10,12-24,27-28H2,1H3. The molecular weight excluding hydrogens is 772 g/mol. The van der Waals surface area contributed by atoms with E-state index in [4.69, 9.17) is 23.2 Å². The summed E-state index contributed by atoms with van der Waals surface area (Å²) in [5.41, 5.74) is 0.561. The van der Waals surface area contributed by atoms with Gasteiger partial charge in [0.2, 0.25) is 0 Å². The Balaban J connectivity index is 0.853. The molecule has 0 aliphatic carbocycles. The zero-order chi connectivity index (χ0) is 40.0. The highest BCUT2D eigenvalue weighted by Crippen LogP contribution is 2.36. The van der Waals surface area contributed by atoms with Crippen LogP contribution in [0.25, 0.3) is 5.57 Å². The van der Waals surface area contributed by atoms with E-state index in [-0.39, 0.29) is 29.7 Å². The first-order chi connectivity index (χ1) is 26.7. The summed E-state index contributed by atoms with van der Waals surface area (Å²) < 4.78 is 67.2. The SMILES string of the molecule is CC(=O)C(CC(=O)CN1CCC(CCN2CC=C(c3cccc(Cl)c3Cl)CC2)CC1)N1CCC(CCN2CCN(c3cc(F)c(C(F)(F)F)c(F)c3)CC2)CC1. The van der Waals surface area contributed by atoms with Crippen LogP contribution in [0.15, 0.2) is 36.4 Å². The molecule has 2 aromatic carbocycles. The number of piperidine rings is 2. The molecule has 7 nitrogen and oxygen atoms in total. The molecule has 4 heterocycles. The molecule has 3 fully saturated rings. The van der Waals surface area contributed by atoms with Gasteiger partial charge in [-0.1, -0.05) is 41.4 Å². The van der Waals surface area contributed by atoms with E-state index in [0.717, 1.165) is 115 Å². The first-order valence-electron chi connectivity index (χ1n) is 20.1. The lowest BCUT2D eigenvalue weighted by Gasteiger charge is -2.39. The number of carbonyl (C=O) groups is 2. The van der Waals surface area contributed by atoms with E-state index in [1.807, 2.05) is 18.2 Å². The van der Waals surface area contributed by atoms with Crippen molar-refractivity contribution in [1.82, 2.24) is 19.6 Å². The van der Waals surface area contributed by atoms with E-state index < -0.39 is 23.4 Å². The minimum atomic E-state index is -5.08. The molecule has 0 N–H and O–H groups in total. The number of likely N-dealkylation sites (tertiary alicyclic amines) is 2. The first kappa shape index (κ1) is 43.0. The van der Waals surface area contributed by atoms with E-state index in [1.54, 1.807) is 11.8 Å². The Labute approximate surface area is 337 Å². The number of Topliss-reactive ketones (excluding diaryl/α,β-unsaturated/α-hetero) is 2. The number of anilines is 1. The Bertz CT molecular complexity index is 1680. The van der Waals surface area contributed by atoms with Crippen molar-refractivity contribution >= 4 is 46.0 Å². The highest BCUT2D eigenvalue weighted by molar-refractivity contribution is 6.43. The van der Waals surface area contributed by atoms with Crippen molar-refractivity contribution in [2.45, 2.75) is 70.5 Å². The lowest BCUT2D eigenvalue weighted by Crippen LogP contribution is -2.48. The van der Waals surface area contributed by atoms with Crippen LogP contribution >= 0.6 is 23.2 Å². The molecule has 0 radical (unpaired) electrons. The van der Waals surface area contributed by atoms with E-state index in [1.165, 1.54) is 5.57 Å². The van der Waals surface area contributed by atoms with E-state index in [9.17, 15) is 31.5 Å². The summed E-state index contributed by atoms with van der Waals surface area (Å²) in [7, 11) is 0. The molecule has 4 aliphatic rings. The molecule has 1 atom stereocenters. The topological polar surface area (TPSA) is 50.3 Å². The molecule has 6 rings (SSSR count). The van der Waals surface area contributed by atoms with Crippen LogP contribution in [0.1, 0.15) is 69.4 Å². The van der Waals surface area contributed by atoms with E-state index in [0.29, 0.717) is 54.6 Å². The maximum Gasteiger partial charge on any atom is 0.422 e. The number of alkyl halides is 3. The lowest BCUT2D eigenvalue weighted by atomic mass is 9.90. The fourth-order valence-electron chi connectivity index (χ4n) is 8.93. The van der Waals surface area contributed by atoms with Crippen molar-refractivity contribution in [2.24, 2.45) is 11.8 Å². The van der Waals surface area contributed by atoms with Crippen LogP contribution in [0.2, 0.25) is 10.0 Å². The molecule has 4 aliphatic heterocycles. The smallest absolute Gasteiger partial charge is 0.369 e. The average Bonchev–Trinajstić information content (AvgIpc) is 3.17. The quantitative estimate of drug-likeness (QED) is 0.178. The van der Waals surface area contributed by atoms with Crippen molar-refractivity contribution in [3.63, 3.8) is 0 Å². The highest BCUT2D eigenvalue weighted by Gasteiger charge is 2.38. The minimum Gasteiger partial charge on any atom is -0.369 e. The van der Waals surface area contributed by atoms with Crippen molar-refractivity contribution in [3.05, 3.63) is 69.2 Å². The zero-order valence-electron chi connectivity index (χ0n) is 32.2. The molecular formula is C42H54Cl2F5N5O2. The van der Waals surface area contributed by atoms with E-state index in [2.05, 4.69) is 25.7 Å². The number of benzene rings is 2. The Hall–Kier alpha value is -2.61. The molecule has 14 heteroatoms. The van der Waals surface area contributed by atoms with Gasteiger partial charge in [0.25, 0.3) is 0 Å². The normalized spacial score (nSPS) is 21.0. The van der Waals surface area contributed by atoms with Crippen molar-refractivity contribution in [2.75, 3.05) is 90.0 Å². The number of hydrogen-bond donors (Lipinski definition) is 0. The molecule has 2 aromatic rings. The van der Waals surface area contributed by atoms with Crippen LogP contribution < -0.4 is 4.90 Å². The Morgan fingerprint density at radius 1 is 0.804 bits per heavy atom. The fraction of sp³-hybridized carbons (Fsp3) is 0.619. The van der Waals surface area contributed by atoms with Crippen LogP contribution in [-0.4, -0.2) is 122 Å². The third kappa shape index (κ3) is 11.3. The molecule has 0 saturated carbocycles. The molecule has 308 valence electrons. The Morgan fingerprint density at radius 3 is 1.98 bits per heavy atom. The van der Waals surface area contributed by atoms with Gasteiger partial charge in [-0.25, -0.2) is 8.78 Å². The maximum absolute atomic E-state index is 14.1. The van der Waals surface area contributed by atoms with Gasteiger partial charge in [-0.15, -0.1) is 0 Å². The first-order valence-corrected chi connectivity index (χ1v) is 20.9. The number of rotatable bonds is 14. The van der Waals surface area contributed by atoms with Gasteiger partial charge in [-0.05, 0) is 132 Å².